The normalized spacial score (nSPS) is 12.4. The van der Waals surface area contributed by atoms with Gasteiger partial charge in [-0.05, 0) is 50.6 Å². The number of halogens is 2. The van der Waals surface area contributed by atoms with E-state index in [1.807, 2.05) is 19.2 Å². The number of benzene rings is 2. The van der Waals surface area contributed by atoms with Crippen molar-refractivity contribution in [3.63, 3.8) is 0 Å². The van der Waals surface area contributed by atoms with Crippen molar-refractivity contribution in [2.45, 2.75) is 26.3 Å². The molecule has 0 aliphatic heterocycles. The van der Waals surface area contributed by atoms with Crippen molar-refractivity contribution in [2.75, 3.05) is 7.05 Å². The molecule has 0 spiro atoms. The summed E-state index contributed by atoms with van der Waals surface area (Å²) in [7, 11) is 1.99. The maximum absolute atomic E-state index is 6.02. The molecule has 0 aromatic heterocycles. The Labute approximate surface area is 134 Å². The highest BCUT2D eigenvalue weighted by Crippen LogP contribution is 2.29. The van der Waals surface area contributed by atoms with Gasteiger partial charge in [-0.25, -0.2) is 0 Å². The Bertz CT molecular complexity index is 590. The van der Waals surface area contributed by atoms with Crippen molar-refractivity contribution in [2.24, 2.45) is 0 Å². The highest BCUT2D eigenvalue weighted by molar-refractivity contribution is 9.10. The van der Waals surface area contributed by atoms with E-state index in [1.165, 1.54) is 22.3 Å². The van der Waals surface area contributed by atoms with Crippen LogP contribution in [0, 0.1) is 13.8 Å². The fraction of sp³-hybridized carbons (Fsp3) is 0.294. The summed E-state index contributed by atoms with van der Waals surface area (Å²) in [6.07, 6.45) is 0.958. The third-order valence-electron chi connectivity index (χ3n) is 3.41. The number of hydrogen-bond acceptors (Lipinski definition) is 1. The summed E-state index contributed by atoms with van der Waals surface area (Å²) in [4.78, 5) is 0. The van der Waals surface area contributed by atoms with Crippen LogP contribution in [0.1, 0.15) is 28.3 Å². The average Bonchev–Trinajstić information content (AvgIpc) is 2.35. The van der Waals surface area contributed by atoms with Gasteiger partial charge < -0.3 is 5.32 Å². The molecule has 2 aromatic carbocycles. The molecule has 20 heavy (non-hydrogen) atoms. The minimum Gasteiger partial charge on any atom is -0.313 e. The Balaban J connectivity index is 2.28. The average molecular weight is 353 g/mol. The van der Waals surface area contributed by atoms with Crippen molar-refractivity contribution < 1.29 is 0 Å². The second-order valence-electron chi connectivity index (χ2n) is 5.21. The minimum absolute atomic E-state index is 0.267. The lowest BCUT2D eigenvalue weighted by atomic mass is 9.96. The van der Waals surface area contributed by atoms with Crippen molar-refractivity contribution in [3.05, 3.63) is 68.1 Å². The summed E-state index contributed by atoms with van der Waals surface area (Å²) >= 11 is 9.62. The molecular formula is C17H19BrClN. The highest BCUT2D eigenvalue weighted by Gasteiger charge is 2.14. The molecule has 1 N–H and O–H groups in total. The molecule has 1 unspecified atom stereocenters. The van der Waals surface area contributed by atoms with Gasteiger partial charge >= 0.3 is 0 Å². The summed E-state index contributed by atoms with van der Waals surface area (Å²) < 4.78 is 1.05. The Hall–Kier alpha value is -0.830. The molecular weight excluding hydrogens is 334 g/mol. The second-order valence-corrected chi connectivity index (χ2v) is 6.50. The van der Waals surface area contributed by atoms with Crippen LogP contribution in [0.2, 0.25) is 5.02 Å². The first-order valence-corrected chi connectivity index (χ1v) is 7.86. The third kappa shape index (κ3) is 3.85. The van der Waals surface area contributed by atoms with E-state index >= 15 is 0 Å². The number of likely N-dealkylation sites (N-methyl/N-ethyl adjacent to an activating group) is 1. The monoisotopic (exact) mass is 351 g/mol. The summed E-state index contributed by atoms with van der Waals surface area (Å²) in [5.74, 6) is 0. The molecule has 1 atom stereocenters. The Morgan fingerprint density at radius 2 is 1.75 bits per heavy atom. The van der Waals surface area contributed by atoms with Crippen LogP contribution < -0.4 is 5.32 Å². The van der Waals surface area contributed by atoms with Gasteiger partial charge in [0.25, 0.3) is 0 Å². The molecule has 0 saturated carbocycles. The van der Waals surface area contributed by atoms with E-state index in [0.717, 1.165) is 15.9 Å². The smallest absolute Gasteiger partial charge is 0.0417 e. The van der Waals surface area contributed by atoms with Gasteiger partial charge in [0.2, 0.25) is 0 Å². The van der Waals surface area contributed by atoms with Gasteiger partial charge in [0.15, 0.2) is 0 Å². The first kappa shape index (κ1) is 15.6. The molecule has 106 valence electrons. The molecule has 0 saturated heterocycles. The van der Waals surface area contributed by atoms with Gasteiger partial charge in [0.05, 0.1) is 0 Å². The molecule has 0 radical (unpaired) electrons. The Morgan fingerprint density at radius 1 is 1.10 bits per heavy atom. The molecule has 2 rings (SSSR count). The lowest BCUT2D eigenvalue weighted by molar-refractivity contribution is 0.589. The van der Waals surface area contributed by atoms with Crippen LogP contribution in [0.15, 0.2) is 40.9 Å². The van der Waals surface area contributed by atoms with Crippen LogP contribution in [0.3, 0.4) is 0 Å². The minimum atomic E-state index is 0.267. The summed E-state index contributed by atoms with van der Waals surface area (Å²) in [5, 5.41) is 4.14. The molecule has 3 heteroatoms. The summed E-state index contributed by atoms with van der Waals surface area (Å²) in [6.45, 7) is 4.28. The quantitative estimate of drug-likeness (QED) is 0.795. The van der Waals surface area contributed by atoms with E-state index in [4.69, 9.17) is 11.6 Å². The molecule has 0 aliphatic rings. The molecule has 0 heterocycles. The molecule has 2 aromatic rings. The van der Waals surface area contributed by atoms with E-state index in [9.17, 15) is 0 Å². The Kier molecular flexibility index (Phi) is 5.25. The number of hydrogen-bond donors (Lipinski definition) is 1. The van der Waals surface area contributed by atoms with Gasteiger partial charge in [-0.15, -0.1) is 0 Å². The third-order valence-corrected chi connectivity index (χ3v) is 4.33. The second kappa shape index (κ2) is 6.75. The van der Waals surface area contributed by atoms with E-state index in [-0.39, 0.29) is 6.04 Å². The van der Waals surface area contributed by atoms with E-state index in [0.29, 0.717) is 0 Å². The van der Waals surface area contributed by atoms with E-state index in [2.05, 4.69) is 59.4 Å². The first-order valence-electron chi connectivity index (χ1n) is 6.69. The van der Waals surface area contributed by atoms with Crippen LogP contribution in [0.5, 0.6) is 0 Å². The lowest BCUT2D eigenvalue weighted by Gasteiger charge is -2.19. The topological polar surface area (TPSA) is 12.0 Å². The van der Waals surface area contributed by atoms with E-state index < -0.39 is 0 Å². The maximum Gasteiger partial charge on any atom is 0.0417 e. The first-order chi connectivity index (χ1) is 9.49. The van der Waals surface area contributed by atoms with Crippen LogP contribution in [-0.2, 0) is 6.42 Å². The van der Waals surface area contributed by atoms with Crippen molar-refractivity contribution >= 4 is 27.5 Å². The van der Waals surface area contributed by atoms with Gasteiger partial charge in [-0.2, -0.15) is 0 Å². The fourth-order valence-corrected chi connectivity index (χ4v) is 3.53. The highest BCUT2D eigenvalue weighted by atomic mass is 79.9. The summed E-state index contributed by atoms with van der Waals surface area (Å²) in [5.41, 5.74) is 5.20. The van der Waals surface area contributed by atoms with E-state index in [1.54, 1.807) is 0 Å². The maximum atomic E-state index is 6.02. The molecule has 1 nitrogen and oxygen atoms in total. The molecule has 0 bridgehead atoms. The summed E-state index contributed by atoms with van der Waals surface area (Å²) in [6, 6.07) is 12.9. The predicted molar refractivity (Wildman–Crippen MR) is 90.6 cm³/mol. The van der Waals surface area contributed by atoms with Gasteiger partial charge in [-0.1, -0.05) is 62.9 Å². The van der Waals surface area contributed by atoms with Crippen LogP contribution in [0.25, 0.3) is 0 Å². The van der Waals surface area contributed by atoms with Crippen LogP contribution in [-0.4, -0.2) is 7.05 Å². The predicted octanol–water partition coefficient (Wildman–Crippen LogP) is 5.22. The van der Waals surface area contributed by atoms with Gasteiger partial charge in [0, 0.05) is 15.5 Å². The number of rotatable bonds is 4. The zero-order valence-corrected chi connectivity index (χ0v) is 14.3. The van der Waals surface area contributed by atoms with Crippen molar-refractivity contribution in [1.82, 2.24) is 5.32 Å². The lowest BCUT2D eigenvalue weighted by Crippen LogP contribution is -2.19. The zero-order chi connectivity index (χ0) is 14.7. The van der Waals surface area contributed by atoms with Crippen molar-refractivity contribution in [1.29, 1.82) is 0 Å². The number of aryl methyl sites for hydroxylation is 2. The molecule has 0 fully saturated rings. The SMILES string of the molecule is CNC(Cc1cc(C)cc(C)c1)c1ccc(Cl)cc1Br. The zero-order valence-electron chi connectivity index (χ0n) is 12.0. The number of nitrogens with one attached hydrogen (secondary N) is 1. The van der Waals surface area contributed by atoms with Crippen LogP contribution >= 0.6 is 27.5 Å². The Morgan fingerprint density at radius 3 is 2.30 bits per heavy atom. The van der Waals surface area contributed by atoms with Gasteiger partial charge in [0.1, 0.15) is 0 Å². The molecule has 0 amide bonds. The largest absolute Gasteiger partial charge is 0.313 e. The standard InChI is InChI=1S/C17H19BrClN/c1-11-6-12(2)8-13(7-11)9-17(20-3)15-5-4-14(19)10-16(15)18/h4-8,10,17,20H,9H2,1-3H3. The molecule has 0 aliphatic carbocycles. The van der Waals surface area contributed by atoms with Crippen molar-refractivity contribution in [3.8, 4) is 0 Å². The van der Waals surface area contributed by atoms with Crippen LogP contribution in [0.4, 0.5) is 0 Å². The van der Waals surface area contributed by atoms with Gasteiger partial charge in [-0.3, -0.25) is 0 Å². The fourth-order valence-electron chi connectivity index (χ4n) is 2.57.